The number of amides is 3. The molecule has 0 fully saturated rings. The van der Waals surface area contributed by atoms with Gasteiger partial charge in [-0.1, -0.05) is 18.2 Å². The Morgan fingerprint density at radius 3 is 2.47 bits per heavy atom. The summed E-state index contributed by atoms with van der Waals surface area (Å²) in [4.78, 5) is 57.9. The number of ether oxygens (including phenoxy) is 1. The van der Waals surface area contributed by atoms with Crippen molar-refractivity contribution in [3.8, 4) is 5.75 Å². The molecule has 1 aliphatic rings. The first-order chi connectivity index (χ1) is 24.2. The molecule has 3 amide bonds. The predicted octanol–water partition coefficient (Wildman–Crippen LogP) is 5.58. The minimum atomic E-state index is -1.08. The third-order valence-electron chi connectivity index (χ3n) is 8.34. The molecule has 0 unspecified atom stereocenters. The number of aromatic hydroxyl groups is 1. The van der Waals surface area contributed by atoms with Gasteiger partial charge in [0.25, 0.3) is 17.7 Å². The number of benzene rings is 3. The number of hydrogen-bond acceptors (Lipinski definition) is 8. The van der Waals surface area contributed by atoms with Crippen molar-refractivity contribution in [3.63, 3.8) is 0 Å². The highest BCUT2D eigenvalue weighted by Crippen LogP contribution is 2.35. The maximum atomic E-state index is 14.0. The van der Waals surface area contributed by atoms with E-state index >= 15 is 0 Å². The molecule has 3 aromatic carbocycles. The Balaban J connectivity index is 1.31. The number of carbonyl (C=O) groups is 4. The molecule has 51 heavy (non-hydrogen) atoms. The molecule has 12 nitrogen and oxygen atoms in total. The predicted molar refractivity (Wildman–Crippen MR) is 181 cm³/mol. The number of carbonyl (C=O) groups excluding carboxylic acids is 4. The Hall–Kier alpha value is -6.18. The molecule has 1 atom stereocenters. The molecule has 0 bridgehead atoms. The fourth-order valence-corrected chi connectivity index (χ4v) is 5.92. The fourth-order valence-electron chi connectivity index (χ4n) is 5.92. The lowest BCUT2D eigenvalue weighted by Crippen LogP contribution is -2.31. The third kappa shape index (κ3) is 7.39. The standard InChI is InChI=1S/C37H34F2N6O6/c1-19-23-11-13-29(25(23)10-9-24(19)36(50)51-37(2,3)4)44-35(49)31-16-30(34(48)40-17-20-8-12-27(38)28(39)14-20)43-32-26(18-41-45(31)32)33(47)42-21-6-5-7-22(46)15-21/h5-10,12,14-16,18,29,46H,11,13,17H2,1-4H3,(H,40,48)(H,42,47)(H,44,49)/t29-/m0/s1. The number of esters is 1. The molecule has 14 heteroatoms. The minimum Gasteiger partial charge on any atom is -0.508 e. The van der Waals surface area contributed by atoms with Gasteiger partial charge in [-0.15, -0.1) is 0 Å². The molecule has 4 N–H and O–H groups in total. The van der Waals surface area contributed by atoms with Crippen LogP contribution in [0.4, 0.5) is 14.5 Å². The number of fused-ring (bicyclic) bond motifs is 2. The molecule has 0 radical (unpaired) electrons. The second kappa shape index (κ2) is 13.6. The van der Waals surface area contributed by atoms with Gasteiger partial charge in [0.05, 0.1) is 17.8 Å². The normalized spacial score (nSPS) is 13.8. The largest absolute Gasteiger partial charge is 0.508 e. The van der Waals surface area contributed by atoms with Crippen LogP contribution in [0.25, 0.3) is 5.65 Å². The quantitative estimate of drug-likeness (QED) is 0.153. The fraction of sp³-hybridized carbons (Fsp3) is 0.243. The van der Waals surface area contributed by atoms with E-state index in [1.54, 1.807) is 39.0 Å². The number of nitrogens with one attached hydrogen (secondary N) is 3. The highest BCUT2D eigenvalue weighted by atomic mass is 19.2. The van der Waals surface area contributed by atoms with Crippen LogP contribution in [0.2, 0.25) is 0 Å². The smallest absolute Gasteiger partial charge is 0.338 e. The molecule has 262 valence electrons. The van der Waals surface area contributed by atoms with Crippen LogP contribution in [0.1, 0.15) is 97.2 Å². The lowest BCUT2D eigenvalue weighted by atomic mass is 9.97. The topological polar surface area (TPSA) is 164 Å². The minimum absolute atomic E-state index is 0.0702. The molecule has 0 saturated carbocycles. The summed E-state index contributed by atoms with van der Waals surface area (Å²) in [5.74, 6) is -4.67. The van der Waals surface area contributed by atoms with E-state index in [9.17, 15) is 33.1 Å². The van der Waals surface area contributed by atoms with Crippen LogP contribution in [0.5, 0.6) is 5.75 Å². The summed E-state index contributed by atoms with van der Waals surface area (Å²) in [6.45, 7) is 7.04. The Morgan fingerprint density at radius 2 is 1.75 bits per heavy atom. The van der Waals surface area contributed by atoms with Gasteiger partial charge in [0.15, 0.2) is 17.3 Å². The Morgan fingerprint density at radius 1 is 0.961 bits per heavy atom. The number of rotatable bonds is 8. The second-order valence-electron chi connectivity index (χ2n) is 13.1. The maximum Gasteiger partial charge on any atom is 0.338 e. The summed E-state index contributed by atoms with van der Waals surface area (Å²) in [6.07, 6.45) is 2.33. The van der Waals surface area contributed by atoms with Crippen LogP contribution < -0.4 is 16.0 Å². The van der Waals surface area contributed by atoms with Crippen molar-refractivity contribution < 1.29 is 37.8 Å². The van der Waals surface area contributed by atoms with Crippen molar-refractivity contribution in [2.45, 2.75) is 58.7 Å². The zero-order chi connectivity index (χ0) is 36.6. The van der Waals surface area contributed by atoms with E-state index in [1.807, 2.05) is 6.92 Å². The first-order valence-electron chi connectivity index (χ1n) is 16.1. The average molecular weight is 697 g/mol. The van der Waals surface area contributed by atoms with Crippen LogP contribution in [0, 0.1) is 18.6 Å². The van der Waals surface area contributed by atoms with Gasteiger partial charge in [0.2, 0.25) is 0 Å². The van der Waals surface area contributed by atoms with E-state index < -0.39 is 47.0 Å². The van der Waals surface area contributed by atoms with E-state index in [1.165, 1.54) is 36.5 Å². The first-order valence-corrected chi connectivity index (χ1v) is 16.1. The lowest BCUT2D eigenvalue weighted by molar-refractivity contribution is 0.00682. The molecular weight excluding hydrogens is 662 g/mol. The van der Waals surface area contributed by atoms with Gasteiger partial charge in [-0.05, 0) is 93.1 Å². The van der Waals surface area contributed by atoms with Crippen molar-refractivity contribution in [2.75, 3.05) is 5.32 Å². The van der Waals surface area contributed by atoms with Gasteiger partial charge >= 0.3 is 5.97 Å². The van der Waals surface area contributed by atoms with Crippen molar-refractivity contribution in [1.82, 2.24) is 25.2 Å². The van der Waals surface area contributed by atoms with E-state index in [0.29, 0.717) is 18.4 Å². The van der Waals surface area contributed by atoms with Crippen molar-refractivity contribution in [3.05, 3.63) is 123 Å². The summed E-state index contributed by atoms with van der Waals surface area (Å²) < 4.78 is 33.9. The van der Waals surface area contributed by atoms with Crippen LogP contribution in [0.15, 0.2) is 66.9 Å². The lowest BCUT2D eigenvalue weighted by Gasteiger charge is -2.21. The van der Waals surface area contributed by atoms with Gasteiger partial charge in [-0.3, -0.25) is 14.4 Å². The summed E-state index contributed by atoms with van der Waals surface area (Å²) in [5, 5.41) is 22.3. The molecule has 6 rings (SSSR count). The second-order valence-corrected chi connectivity index (χ2v) is 13.1. The summed E-state index contributed by atoms with van der Waals surface area (Å²) >= 11 is 0. The number of hydrogen-bond donors (Lipinski definition) is 4. The summed E-state index contributed by atoms with van der Waals surface area (Å²) in [7, 11) is 0. The zero-order valence-electron chi connectivity index (χ0n) is 28.1. The van der Waals surface area contributed by atoms with Gasteiger partial charge < -0.3 is 25.8 Å². The van der Waals surface area contributed by atoms with Gasteiger partial charge in [0.1, 0.15) is 28.3 Å². The number of halogens is 2. The molecular formula is C37H34F2N6O6. The molecule has 0 spiro atoms. The van der Waals surface area contributed by atoms with E-state index in [2.05, 4.69) is 26.0 Å². The summed E-state index contributed by atoms with van der Waals surface area (Å²) in [5.41, 5.74) is 2.32. The number of phenolic OH excluding ortho intramolecular Hbond substituents is 1. The Bertz CT molecular complexity index is 2230. The van der Waals surface area contributed by atoms with Crippen molar-refractivity contribution >= 4 is 35.0 Å². The molecule has 0 aliphatic heterocycles. The number of aromatic nitrogens is 3. The first kappa shape index (κ1) is 34.7. The van der Waals surface area contributed by atoms with Crippen molar-refractivity contribution in [1.29, 1.82) is 0 Å². The van der Waals surface area contributed by atoms with E-state index in [-0.39, 0.29) is 46.1 Å². The van der Waals surface area contributed by atoms with Crippen LogP contribution >= 0.6 is 0 Å². The highest BCUT2D eigenvalue weighted by Gasteiger charge is 2.31. The zero-order valence-corrected chi connectivity index (χ0v) is 28.1. The Kier molecular flexibility index (Phi) is 9.26. The Labute approximate surface area is 290 Å². The van der Waals surface area contributed by atoms with Crippen LogP contribution in [-0.2, 0) is 17.7 Å². The van der Waals surface area contributed by atoms with Gasteiger partial charge in [-0.2, -0.15) is 5.10 Å². The van der Waals surface area contributed by atoms with Crippen LogP contribution in [0.3, 0.4) is 0 Å². The van der Waals surface area contributed by atoms with Gasteiger partial charge in [-0.25, -0.2) is 23.1 Å². The number of nitrogens with zero attached hydrogens (tertiary/aromatic N) is 3. The average Bonchev–Trinajstić information content (AvgIpc) is 3.69. The molecule has 2 aromatic heterocycles. The van der Waals surface area contributed by atoms with Crippen molar-refractivity contribution in [2.24, 2.45) is 0 Å². The molecule has 2 heterocycles. The van der Waals surface area contributed by atoms with Gasteiger partial charge in [0, 0.05) is 24.4 Å². The third-order valence-corrected chi connectivity index (χ3v) is 8.34. The highest BCUT2D eigenvalue weighted by molar-refractivity contribution is 6.09. The maximum absolute atomic E-state index is 14.0. The number of anilines is 1. The van der Waals surface area contributed by atoms with E-state index in [0.717, 1.165) is 33.3 Å². The molecule has 1 aliphatic carbocycles. The molecule has 0 saturated heterocycles. The SMILES string of the molecule is Cc1c(C(=O)OC(C)(C)C)ccc2c1CC[C@@H]2NC(=O)c1cc(C(=O)NCc2ccc(F)c(F)c2)nc2c(C(=O)Nc3cccc(O)c3)cnn12. The number of phenols is 1. The summed E-state index contributed by atoms with van der Waals surface area (Å²) in [6, 6.07) is 13.3. The monoisotopic (exact) mass is 696 g/mol. The van der Waals surface area contributed by atoms with Crippen LogP contribution in [-0.4, -0.2) is 49.0 Å². The van der Waals surface area contributed by atoms with E-state index in [4.69, 9.17) is 4.74 Å². The molecule has 5 aromatic rings.